The second-order valence-electron chi connectivity index (χ2n) is 7.69. The lowest BCUT2D eigenvalue weighted by molar-refractivity contribution is -0.161. The van der Waals surface area contributed by atoms with Crippen LogP contribution in [0.4, 0.5) is 10.1 Å². The predicted molar refractivity (Wildman–Crippen MR) is 119 cm³/mol. The van der Waals surface area contributed by atoms with E-state index in [1.165, 1.54) is 12.1 Å². The Labute approximate surface area is 190 Å². The minimum Gasteiger partial charge on any atom is -0.453 e. The molecule has 3 aliphatic heterocycles. The number of amides is 1. The van der Waals surface area contributed by atoms with E-state index in [1.54, 1.807) is 35.3 Å². The van der Waals surface area contributed by atoms with E-state index in [9.17, 15) is 9.18 Å². The maximum atomic E-state index is 13.5. The number of fused-ring (bicyclic) bond motifs is 6. The molecule has 3 aromatic carbocycles. The molecule has 3 heterocycles. The molecule has 0 radical (unpaired) electrons. The second kappa shape index (κ2) is 6.55. The van der Waals surface area contributed by atoms with Crippen molar-refractivity contribution in [1.29, 1.82) is 0 Å². The summed E-state index contributed by atoms with van der Waals surface area (Å²) in [6.07, 6.45) is 0.545. The van der Waals surface area contributed by atoms with Gasteiger partial charge in [-0.25, -0.2) is 9.40 Å². The fourth-order valence-electron chi connectivity index (χ4n) is 4.50. The molecule has 2 atom stereocenters. The minimum atomic E-state index is -1.48. The van der Waals surface area contributed by atoms with Gasteiger partial charge in [0.2, 0.25) is 0 Å². The minimum absolute atomic E-state index is 0.239. The van der Waals surface area contributed by atoms with E-state index >= 15 is 0 Å². The van der Waals surface area contributed by atoms with Gasteiger partial charge in [-0.3, -0.25) is 4.79 Å². The Bertz CT molecular complexity index is 1300. The lowest BCUT2D eigenvalue weighted by Crippen LogP contribution is -2.55. The van der Waals surface area contributed by atoms with Gasteiger partial charge in [0.25, 0.3) is 5.91 Å². The number of rotatable bonds is 1. The number of ether oxygens (including phenoxy) is 1. The molecule has 31 heavy (non-hydrogen) atoms. The van der Waals surface area contributed by atoms with Crippen LogP contribution >= 0.6 is 27.5 Å². The molecule has 1 amide bonds. The Morgan fingerprint density at radius 3 is 2.77 bits per heavy atom. The Hall–Kier alpha value is -2.90. The van der Waals surface area contributed by atoms with E-state index in [-0.39, 0.29) is 17.8 Å². The topological polar surface area (TPSA) is 53.9 Å². The maximum Gasteiger partial charge on any atom is 0.306 e. The third-order valence-corrected chi connectivity index (χ3v) is 6.63. The molecule has 5 nitrogen and oxygen atoms in total. The van der Waals surface area contributed by atoms with Crippen LogP contribution in [0, 0.1) is 5.82 Å². The van der Waals surface area contributed by atoms with Crippen molar-refractivity contribution in [2.75, 3.05) is 5.32 Å². The zero-order chi connectivity index (χ0) is 21.3. The number of nitrogens with zero attached hydrogens (tertiary/aromatic N) is 2. The molecular formula is C23H14BrClFN3O2. The zero-order valence-electron chi connectivity index (χ0n) is 15.9. The summed E-state index contributed by atoms with van der Waals surface area (Å²) in [7, 11) is 0. The van der Waals surface area contributed by atoms with E-state index in [0.29, 0.717) is 28.4 Å². The first-order valence-electron chi connectivity index (χ1n) is 9.68. The van der Waals surface area contributed by atoms with Crippen molar-refractivity contribution in [1.82, 2.24) is 5.01 Å². The molecule has 8 heteroatoms. The fraction of sp³-hybridized carbons (Fsp3) is 0.130. The lowest BCUT2D eigenvalue weighted by atomic mass is 9.92. The zero-order valence-corrected chi connectivity index (χ0v) is 18.2. The third kappa shape index (κ3) is 2.66. The van der Waals surface area contributed by atoms with Crippen LogP contribution in [0.2, 0.25) is 5.02 Å². The monoisotopic (exact) mass is 497 g/mol. The average Bonchev–Trinajstić information content (AvgIpc) is 3.31. The standard InChI is InChI=1S/C23H14BrClFN3O2/c24-13-3-8-21-16(9-13)20-11-19(12-1-5-15(26)6-2-12)28-29(20)23(31-21)17-10-14(25)4-7-18(17)27-22(23)30/h1-10,20H,11H2,(H,27,30). The highest BCUT2D eigenvalue weighted by Crippen LogP contribution is 2.54. The number of hydrogen-bond acceptors (Lipinski definition) is 4. The predicted octanol–water partition coefficient (Wildman–Crippen LogP) is 5.59. The van der Waals surface area contributed by atoms with E-state index in [2.05, 4.69) is 21.2 Å². The lowest BCUT2D eigenvalue weighted by Gasteiger charge is -2.44. The van der Waals surface area contributed by atoms with Gasteiger partial charge in [-0.2, -0.15) is 5.10 Å². The van der Waals surface area contributed by atoms with Gasteiger partial charge >= 0.3 is 5.72 Å². The van der Waals surface area contributed by atoms with Crippen LogP contribution < -0.4 is 10.1 Å². The molecule has 1 spiro atoms. The summed E-state index contributed by atoms with van der Waals surface area (Å²) >= 11 is 9.81. The summed E-state index contributed by atoms with van der Waals surface area (Å²) in [5, 5.41) is 9.96. The Kier molecular flexibility index (Phi) is 3.98. The van der Waals surface area contributed by atoms with Crippen molar-refractivity contribution in [3.63, 3.8) is 0 Å². The van der Waals surface area contributed by atoms with Gasteiger partial charge in [-0.1, -0.05) is 39.7 Å². The molecule has 154 valence electrons. The maximum absolute atomic E-state index is 13.5. The van der Waals surface area contributed by atoms with Crippen molar-refractivity contribution in [2.24, 2.45) is 5.10 Å². The summed E-state index contributed by atoms with van der Waals surface area (Å²) in [4.78, 5) is 13.4. The van der Waals surface area contributed by atoms with Crippen molar-refractivity contribution < 1.29 is 13.9 Å². The number of nitrogens with one attached hydrogen (secondary N) is 1. The highest BCUT2D eigenvalue weighted by Gasteiger charge is 2.61. The highest BCUT2D eigenvalue weighted by molar-refractivity contribution is 9.10. The van der Waals surface area contributed by atoms with Gasteiger partial charge in [0.15, 0.2) is 0 Å². The molecule has 0 saturated heterocycles. The summed E-state index contributed by atoms with van der Waals surface area (Å²) in [5.41, 5.74) is 2.25. The number of benzene rings is 3. The van der Waals surface area contributed by atoms with Gasteiger partial charge in [-0.05, 0) is 54.1 Å². The Morgan fingerprint density at radius 1 is 1.16 bits per heavy atom. The van der Waals surface area contributed by atoms with Crippen molar-refractivity contribution in [2.45, 2.75) is 18.2 Å². The third-order valence-electron chi connectivity index (χ3n) is 5.90. The first kappa shape index (κ1) is 18.8. The van der Waals surface area contributed by atoms with Gasteiger partial charge in [0.05, 0.1) is 23.0 Å². The van der Waals surface area contributed by atoms with Gasteiger partial charge in [0, 0.05) is 21.5 Å². The largest absolute Gasteiger partial charge is 0.453 e. The van der Waals surface area contributed by atoms with E-state index in [0.717, 1.165) is 21.3 Å². The molecule has 0 aliphatic carbocycles. The fourth-order valence-corrected chi connectivity index (χ4v) is 5.05. The molecule has 0 saturated carbocycles. The van der Waals surface area contributed by atoms with Crippen molar-refractivity contribution >= 4 is 44.8 Å². The van der Waals surface area contributed by atoms with E-state index < -0.39 is 5.72 Å². The van der Waals surface area contributed by atoms with Crippen molar-refractivity contribution in [3.8, 4) is 5.75 Å². The van der Waals surface area contributed by atoms with E-state index in [1.807, 2.05) is 18.2 Å². The first-order chi connectivity index (χ1) is 15.0. The number of anilines is 1. The molecule has 6 rings (SSSR count). The van der Waals surface area contributed by atoms with Gasteiger partial charge in [0.1, 0.15) is 11.6 Å². The van der Waals surface area contributed by atoms with Crippen LogP contribution in [0.3, 0.4) is 0 Å². The normalized spacial score (nSPS) is 23.1. The molecule has 3 aliphatic rings. The smallest absolute Gasteiger partial charge is 0.306 e. The van der Waals surface area contributed by atoms with Gasteiger partial charge < -0.3 is 10.1 Å². The average molecular weight is 499 g/mol. The molecular weight excluding hydrogens is 485 g/mol. The van der Waals surface area contributed by atoms with Crippen molar-refractivity contribution in [3.05, 3.63) is 92.7 Å². The van der Waals surface area contributed by atoms with Crippen LogP contribution in [0.15, 0.2) is 70.2 Å². The SMILES string of the molecule is O=C1Nc2ccc(Cl)cc2C12Oc1ccc(Br)cc1C1CC(c3ccc(F)cc3)=NN12. The summed E-state index contributed by atoms with van der Waals surface area (Å²) < 4.78 is 20.8. The van der Waals surface area contributed by atoms with Crippen LogP contribution in [-0.4, -0.2) is 16.6 Å². The van der Waals surface area contributed by atoms with E-state index in [4.69, 9.17) is 21.4 Å². The molecule has 3 aromatic rings. The second-order valence-corrected chi connectivity index (χ2v) is 9.04. The van der Waals surface area contributed by atoms with Gasteiger partial charge in [-0.15, -0.1) is 0 Å². The number of hydrazone groups is 1. The Balaban J connectivity index is 1.58. The molecule has 0 bridgehead atoms. The molecule has 0 fully saturated rings. The van der Waals surface area contributed by atoms with Crippen LogP contribution in [0.25, 0.3) is 0 Å². The summed E-state index contributed by atoms with van der Waals surface area (Å²) in [6.45, 7) is 0. The van der Waals surface area contributed by atoms with Crippen LogP contribution in [0.5, 0.6) is 5.75 Å². The number of carbonyl (C=O) groups is 1. The number of hydrogen-bond donors (Lipinski definition) is 1. The summed E-state index contributed by atoms with van der Waals surface area (Å²) in [5.74, 6) is -0.0247. The number of halogens is 3. The highest BCUT2D eigenvalue weighted by atomic mass is 79.9. The molecule has 0 aromatic heterocycles. The summed E-state index contributed by atoms with van der Waals surface area (Å²) in [6, 6.07) is 16.9. The quantitative estimate of drug-likeness (QED) is 0.476. The molecule has 2 unspecified atom stereocenters. The number of carbonyl (C=O) groups excluding carboxylic acids is 1. The molecule has 1 N–H and O–H groups in total. The first-order valence-corrected chi connectivity index (χ1v) is 10.9. The van der Waals surface area contributed by atoms with Crippen LogP contribution in [0.1, 0.15) is 29.2 Å². The van der Waals surface area contributed by atoms with Crippen LogP contribution in [-0.2, 0) is 10.5 Å². The Morgan fingerprint density at radius 2 is 1.97 bits per heavy atom.